The van der Waals surface area contributed by atoms with Crippen molar-refractivity contribution in [2.24, 2.45) is 0 Å². The largest absolute Gasteiger partial charge is 0.458 e. The zero-order valence-corrected chi connectivity index (χ0v) is 10.7. The molecule has 19 heavy (non-hydrogen) atoms. The molecule has 0 aliphatic heterocycles. The number of benzene rings is 1. The zero-order chi connectivity index (χ0) is 13.2. The molecular formula is C16H15NO2. The van der Waals surface area contributed by atoms with Crippen molar-refractivity contribution in [3.8, 4) is 0 Å². The van der Waals surface area contributed by atoms with Gasteiger partial charge in [-0.05, 0) is 37.3 Å². The van der Waals surface area contributed by atoms with Crippen molar-refractivity contribution in [3.63, 3.8) is 0 Å². The SMILES string of the molecule is Cc1ccc2oc(C(O)Cc3ccccn3)cc2c1. The minimum atomic E-state index is -0.664. The molecule has 0 amide bonds. The van der Waals surface area contributed by atoms with Gasteiger partial charge in [0.25, 0.3) is 0 Å². The Balaban J connectivity index is 1.87. The van der Waals surface area contributed by atoms with Gasteiger partial charge in [-0.25, -0.2) is 0 Å². The number of aliphatic hydroxyl groups excluding tert-OH is 1. The lowest BCUT2D eigenvalue weighted by Gasteiger charge is -2.06. The van der Waals surface area contributed by atoms with Gasteiger partial charge in [0.1, 0.15) is 17.4 Å². The second-order valence-corrected chi connectivity index (χ2v) is 4.73. The molecule has 0 saturated heterocycles. The Labute approximate surface area is 111 Å². The molecule has 3 heteroatoms. The Morgan fingerprint density at radius 2 is 2.11 bits per heavy atom. The summed E-state index contributed by atoms with van der Waals surface area (Å²) < 4.78 is 5.68. The van der Waals surface area contributed by atoms with Crippen molar-refractivity contribution in [2.45, 2.75) is 19.4 Å². The highest BCUT2D eigenvalue weighted by Gasteiger charge is 2.14. The van der Waals surface area contributed by atoms with Gasteiger partial charge in [-0.3, -0.25) is 4.98 Å². The average Bonchev–Trinajstić information content (AvgIpc) is 2.83. The van der Waals surface area contributed by atoms with E-state index in [4.69, 9.17) is 4.42 Å². The summed E-state index contributed by atoms with van der Waals surface area (Å²) in [6, 6.07) is 13.6. The smallest absolute Gasteiger partial charge is 0.134 e. The van der Waals surface area contributed by atoms with E-state index in [1.54, 1.807) is 6.20 Å². The van der Waals surface area contributed by atoms with Crippen LogP contribution in [0.15, 0.2) is 53.1 Å². The van der Waals surface area contributed by atoms with Crippen molar-refractivity contribution in [2.75, 3.05) is 0 Å². The van der Waals surface area contributed by atoms with E-state index in [1.807, 2.05) is 43.3 Å². The first-order valence-corrected chi connectivity index (χ1v) is 6.30. The molecule has 1 unspecified atom stereocenters. The molecule has 1 aromatic carbocycles. The van der Waals surface area contributed by atoms with Gasteiger partial charge in [0, 0.05) is 23.7 Å². The number of aryl methyl sites for hydroxylation is 1. The number of furan rings is 1. The fraction of sp³-hybridized carbons (Fsp3) is 0.188. The molecule has 0 aliphatic carbocycles. The number of pyridine rings is 1. The Kier molecular flexibility index (Phi) is 3.05. The fourth-order valence-corrected chi connectivity index (χ4v) is 2.17. The molecule has 0 saturated carbocycles. The first-order chi connectivity index (χ1) is 9.22. The second-order valence-electron chi connectivity index (χ2n) is 4.73. The molecule has 96 valence electrons. The van der Waals surface area contributed by atoms with Crippen LogP contribution in [0.1, 0.15) is 23.1 Å². The van der Waals surface area contributed by atoms with E-state index in [1.165, 1.54) is 5.56 Å². The van der Waals surface area contributed by atoms with Gasteiger partial charge in [-0.1, -0.05) is 17.7 Å². The van der Waals surface area contributed by atoms with Gasteiger partial charge in [-0.15, -0.1) is 0 Å². The topological polar surface area (TPSA) is 46.3 Å². The van der Waals surface area contributed by atoms with Crippen LogP contribution in [0.2, 0.25) is 0 Å². The second kappa shape index (κ2) is 4.86. The quantitative estimate of drug-likeness (QED) is 0.778. The molecule has 2 heterocycles. The summed E-state index contributed by atoms with van der Waals surface area (Å²) >= 11 is 0. The van der Waals surface area contributed by atoms with Gasteiger partial charge in [0.15, 0.2) is 0 Å². The van der Waals surface area contributed by atoms with Crippen LogP contribution in [0.5, 0.6) is 0 Å². The van der Waals surface area contributed by atoms with E-state index in [9.17, 15) is 5.11 Å². The Morgan fingerprint density at radius 1 is 1.21 bits per heavy atom. The van der Waals surface area contributed by atoms with Crippen molar-refractivity contribution in [1.82, 2.24) is 4.98 Å². The van der Waals surface area contributed by atoms with Crippen molar-refractivity contribution in [1.29, 1.82) is 0 Å². The molecule has 3 rings (SSSR count). The normalized spacial score (nSPS) is 12.7. The Hall–Kier alpha value is -2.13. The van der Waals surface area contributed by atoms with Crippen molar-refractivity contribution < 1.29 is 9.52 Å². The van der Waals surface area contributed by atoms with Gasteiger partial charge in [0.05, 0.1) is 0 Å². The zero-order valence-electron chi connectivity index (χ0n) is 10.7. The van der Waals surface area contributed by atoms with Crippen LogP contribution in [0.4, 0.5) is 0 Å². The fourth-order valence-electron chi connectivity index (χ4n) is 2.17. The van der Waals surface area contributed by atoms with Gasteiger partial charge in [0.2, 0.25) is 0 Å². The summed E-state index contributed by atoms with van der Waals surface area (Å²) in [5, 5.41) is 11.2. The minimum absolute atomic E-state index is 0.458. The number of nitrogens with zero attached hydrogens (tertiary/aromatic N) is 1. The highest BCUT2D eigenvalue weighted by atomic mass is 16.4. The summed E-state index contributed by atoms with van der Waals surface area (Å²) in [5.74, 6) is 0.589. The third kappa shape index (κ3) is 2.51. The predicted molar refractivity (Wildman–Crippen MR) is 73.9 cm³/mol. The Morgan fingerprint density at radius 3 is 2.89 bits per heavy atom. The summed E-state index contributed by atoms with van der Waals surface area (Å²) in [7, 11) is 0. The van der Waals surface area contributed by atoms with Crippen LogP contribution in [-0.4, -0.2) is 10.1 Å². The molecule has 1 atom stereocenters. The molecular weight excluding hydrogens is 238 g/mol. The number of hydrogen-bond acceptors (Lipinski definition) is 3. The maximum absolute atomic E-state index is 10.2. The van der Waals surface area contributed by atoms with E-state index in [0.29, 0.717) is 12.2 Å². The maximum Gasteiger partial charge on any atom is 0.134 e. The molecule has 3 nitrogen and oxygen atoms in total. The molecule has 0 spiro atoms. The predicted octanol–water partition coefficient (Wildman–Crippen LogP) is 3.41. The van der Waals surface area contributed by atoms with E-state index in [2.05, 4.69) is 11.1 Å². The molecule has 0 radical (unpaired) electrons. The van der Waals surface area contributed by atoms with Crippen LogP contribution < -0.4 is 0 Å². The standard InChI is InChI=1S/C16H15NO2/c1-11-5-6-15-12(8-11)9-16(19-15)14(18)10-13-4-2-3-7-17-13/h2-9,14,18H,10H2,1H3. The van der Waals surface area contributed by atoms with Gasteiger partial charge in [-0.2, -0.15) is 0 Å². The number of rotatable bonds is 3. The van der Waals surface area contributed by atoms with Crippen LogP contribution >= 0.6 is 0 Å². The van der Waals surface area contributed by atoms with E-state index in [0.717, 1.165) is 16.7 Å². The summed E-state index contributed by atoms with van der Waals surface area (Å²) in [6.45, 7) is 2.04. The summed E-state index contributed by atoms with van der Waals surface area (Å²) in [4.78, 5) is 4.21. The van der Waals surface area contributed by atoms with Crippen LogP contribution in [-0.2, 0) is 6.42 Å². The van der Waals surface area contributed by atoms with E-state index < -0.39 is 6.10 Å². The van der Waals surface area contributed by atoms with Crippen LogP contribution in [0.25, 0.3) is 11.0 Å². The molecule has 0 aliphatic rings. The number of hydrogen-bond donors (Lipinski definition) is 1. The highest BCUT2D eigenvalue weighted by Crippen LogP contribution is 2.26. The lowest BCUT2D eigenvalue weighted by atomic mass is 10.1. The lowest BCUT2D eigenvalue weighted by molar-refractivity contribution is 0.151. The molecule has 2 aromatic heterocycles. The molecule has 0 fully saturated rings. The van der Waals surface area contributed by atoms with Gasteiger partial charge < -0.3 is 9.52 Å². The van der Waals surface area contributed by atoms with Crippen molar-refractivity contribution in [3.05, 3.63) is 65.7 Å². The first kappa shape index (κ1) is 11.9. The first-order valence-electron chi connectivity index (χ1n) is 6.30. The van der Waals surface area contributed by atoms with Crippen LogP contribution in [0, 0.1) is 6.92 Å². The van der Waals surface area contributed by atoms with E-state index >= 15 is 0 Å². The Bertz CT molecular complexity index is 688. The highest BCUT2D eigenvalue weighted by molar-refractivity contribution is 5.78. The third-order valence-corrected chi connectivity index (χ3v) is 3.15. The average molecular weight is 253 g/mol. The minimum Gasteiger partial charge on any atom is -0.458 e. The summed E-state index contributed by atoms with van der Waals surface area (Å²) in [6.07, 6.45) is 1.52. The van der Waals surface area contributed by atoms with E-state index in [-0.39, 0.29) is 0 Å². The lowest BCUT2D eigenvalue weighted by Crippen LogP contribution is -2.01. The summed E-state index contributed by atoms with van der Waals surface area (Å²) in [5.41, 5.74) is 2.84. The maximum atomic E-state index is 10.2. The van der Waals surface area contributed by atoms with Crippen LogP contribution in [0.3, 0.4) is 0 Å². The monoisotopic (exact) mass is 253 g/mol. The number of aromatic nitrogens is 1. The number of fused-ring (bicyclic) bond motifs is 1. The van der Waals surface area contributed by atoms with Gasteiger partial charge >= 0.3 is 0 Å². The molecule has 1 N–H and O–H groups in total. The van der Waals surface area contributed by atoms with Crippen molar-refractivity contribution >= 4 is 11.0 Å². The molecule has 0 bridgehead atoms. The molecule has 3 aromatic rings. The third-order valence-electron chi connectivity index (χ3n) is 3.15. The number of aliphatic hydroxyl groups is 1.